The van der Waals surface area contributed by atoms with E-state index in [-0.39, 0.29) is 11.5 Å². The summed E-state index contributed by atoms with van der Waals surface area (Å²) in [6, 6.07) is 17.4. The molecule has 3 rings (SSSR count). The molecule has 0 aliphatic heterocycles. The third-order valence-corrected chi connectivity index (χ3v) is 4.78. The summed E-state index contributed by atoms with van der Waals surface area (Å²) in [7, 11) is 0. The van der Waals surface area contributed by atoms with Crippen molar-refractivity contribution in [1.82, 2.24) is 15.1 Å². The van der Waals surface area contributed by atoms with E-state index in [0.29, 0.717) is 29.6 Å². The summed E-state index contributed by atoms with van der Waals surface area (Å²) in [4.78, 5) is 27.4. The van der Waals surface area contributed by atoms with Crippen molar-refractivity contribution < 1.29 is 4.79 Å². The molecule has 6 heteroatoms. The average Bonchev–Trinajstić information content (AvgIpc) is 2.75. The molecule has 0 bridgehead atoms. The molecule has 0 atom stereocenters. The van der Waals surface area contributed by atoms with Crippen molar-refractivity contribution in [2.75, 3.05) is 24.5 Å². The number of nitrogens with zero attached hydrogens (tertiary/aromatic N) is 3. The topological polar surface area (TPSA) is 67.2 Å². The molecule has 1 aromatic heterocycles. The van der Waals surface area contributed by atoms with Crippen LogP contribution in [0.2, 0.25) is 0 Å². The molecule has 0 unspecified atom stereocenters. The second-order valence-corrected chi connectivity index (χ2v) is 6.54. The second kappa shape index (κ2) is 9.17. The zero-order valence-electron chi connectivity index (χ0n) is 16.4. The normalized spacial score (nSPS) is 10.8. The van der Waals surface area contributed by atoms with Gasteiger partial charge in [0.05, 0.1) is 5.39 Å². The van der Waals surface area contributed by atoms with E-state index in [0.717, 1.165) is 19.5 Å². The number of amides is 1. The van der Waals surface area contributed by atoms with Crippen molar-refractivity contribution in [1.29, 1.82) is 0 Å². The van der Waals surface area contributed by atoms with Gasteiger partial charge in [0.15, 0.2) is 5.69 Å². The van der Waals surface area contributed by atoms with E-state index >= 15 is 0 Å². The Kier molecular flexibility index (Phi) is 6.42. The third-order valence-electron chi connectivity index (χ3n) is 4.78. The van der Waals surface area contributed by atoms with Crippen LogP contribution in [0.3, 0.4) is 0 Å². The van der Waals surface area contributed by atoms with Gasteiger partial charge >= 0.3 is 0 Å². The van der Waals surface area contributed by atoms with Crippen LogP contribution in [0.4, 0.5) is 5.69 Å². The molecule has 0 radical (unpaired) electrons. The zero-order chi connectivity index (χ0) is 19.9. The lowest BCUT2D eigenvalue weighted by Gasteiger charge is -2.23. The summed E-state index contributed by atoms with van der Waals surface area (Å²) in [5, 5.41) is 8.34. The van der Waals surface area contributed by atoms with Crippen LogP contribution in [0.5, 0.6) is 0 Å². The zero-order valence-corrected chi connectivity index (χ0v) is 16.4. The van der Waals surface area contributed by atoms with Crippen LogP contribution in [-0.4, -0.2) is 35.3 Å². The molecule has 2 aromatic carbocycles. The molecule has 146 valence electrons. The van der Waals surface area contributed by atoms with Gasteiger partial charge in [-0.3, -0.25) is 9.59 Å². The molecule has 6 nitrogen and oxygen atoms in total. The van der Waals surface area contributed by atoms with Crippen molar-refractivity contribution in [3.8, 4) is 0 Å². The van der Waals surface area contributed by atoms with Gasteiger partial charge in [0.25, 0.3) is 11.5 Å². The Labute approximate surface area is 164 Å². The van der Waals surface area contributed by atoms with E-state index in [9.17, 15) is 9.59 Å². The number of carbonyl (C=O) groups excluding carboxylic acids is 1. The number of aryl methyl sites for hydroxylation is 1. The number of anilines is 1. The maximum Gasteiger partial charge on any atom is 0.274 e. The van der Waals surface area contributed by atoms with Gasteiger partial charge in [0.1, 0.15) is 0 Å². The highest BCUT2D eigenvalue weighted by Gasteiger charge is 2.15. The van der Waals surface area contributed by atoms with Crippen molar-refractivity contribution >= 4 is 22.4 Å². The number of hydrogen-bond donors (Lipinski definition) is 1. The third kappa shape index (κ3) is 4.22. The number of carbonyl (C=O) groups is 1. The van der Waals surface area contributed by atoms with E-state index in [2.05, 4.69) is 34.4 Å². The molecule has 0 saturated carbocycles. The lowest BCUT2D eigenvalue weighted by Crippen LogP contribution is -2.32. The standard InChI is InChI=1S/C22H26N4O2/c1-3-25(17-11-6-5-7-12-17)16-10-15-23-21(27)20-18-13-8-9-14-19(18)22(28)26(4-2)24-20/h5-9,11-14H,3-4,10,15-16H2,1-2H3,(H,23,27). The van der Waals surface area contributed by atoms with Crippen molar-refractivity contribution in [3.05, 3.63) is 70.6 Å². The number of aromatic nitrogens is 2. The predicted octanol–water partition coefficient (Wildman–Crippen LogP) is 3.06. The summed E-state index contributed by atoms with van der Waals surface area (Å²) in [6.45, 7) is 6.69. The fourth-order valence-corrected chi connectivity index (χ4v) is 3.28. The highest BCUT2D eigenvalue weighted by molar-refractivity contribution is 6.04. The monoisotopic (exact) mass is 378 g/mol. The minimum atomic E-state index is -0.249. The number of nitrogens with one attached hydrogen (secondary N) is 1. The highest BCUT2D eigenvalue weighted by atomic mass is 16.2. The summed E-state index contributed by atoms with van der Waals surface area (Å²) < 4.78 is 1.34. The van der Waals surface area contributed by atoms with Crippen LogP contribution in [0.1, 0.15) is 30.8 Å². The number of rotatable bonds is 8. The largest absolute Gasteiger partial charge is 0.372 e. The van der Waals surface area contributed by atoms with Gasteiger partial charge in [-0.15, -0.1) is 0 Å². The predicted molar refractivity (Wildman–Crippen MR) is 113 cm³/mol. The van der Waals surface area contributed by atoms with Crippen LogP contribution < -0.4 is 15.8 Å². The first-order valence-electron chi connectivity index (χ1n) is 9.73. The summed E-state index contributed by atoms with van der Waals surface area (Å²) in [6.07, 6.45) is 0.819. The molecule has 0 spiro atoms. The molecule has 0 aliphatic carbocycles. The Hall–Kier alpha value is -3.15. The summed E-state index contributed by atoms with van der Waals surface area (Å²) in [5.74, 6) is -0.249. The number of para-hydroxylation sites is 1. The van der Waals surface area contributed by atoms with Gasteiger partial charge in [-0.25, -0.2) is 4.68 Å². The maximum atomic E-state index is 12.7. The first-order valence-corrected chi connectivity index (χ1v) is 9.73. The Morgan fingerprint density at radius 3 is 2.39 bits per heavy atom. The van der Waals surface area contributed by atoms with Crippen LogP contribution in [0.25, 0.3) is 10.8 Å². The Morgan fingerprint density at radius 1 is 1.04 bits per heavy atom. The van der Waals surface area contributed by atoms with Crippen LogP contribution >= 0.6 is 0 Å². The molecule has 0 fully saturated rings. The maximum absolute atomic E-state index is 12.7. The molecule has 28 heavy (non-hydrogen) atoms. The minimum Gasteiger partial charge on any atom is -0.372 e. The SMILES string of the molecule is CCN(CCCNC(=O)c1nn(CC)c(=O)c2ccccc12)c1ccccc1. The first-order chi connectivity index (χ1) is 13.7. The van der Waals surface area contributed by atoms with E-state index in [4.69, 9.17) is 0 Å². The average molecular weight is 378 g/mol. The van der Waals surface area contributed by atoms with Crippen LogP contribution in [0, 0.1) is 0 Å². The van der Waals surface area contributed by atoms with Crippen molar-refractivity contribution in [3.63, 3.8) is 0 Å². The molecule has 1 N–H and O–H groups in total. The summed E-state index contributed by atoms with van der Waals surface area (Å²) in [5.41, 5.74) is 1.31. The summed E-state index contributed by atoms with van der Waals surface area (Å²) >= 11 is 0. The quantitative estimate of drug-likeness (QED) is 0.612. The fourth-order valence-electron chi connectivity index (χ4n) is 3.28. The molecule has 0 saturated heterocycles. The lowest BCUT2D eigenvalue weighted by atomic mass is 10.1. The van der Waals surface area contributed by atoms with E-state index < -0.39 is 0 Å². The molecule has 1 amide bonds. The minimum absolute atomic E-state index is 0.170. The first kappa shape index (κ1) is 19.6. The molecule has 0 aliphatic rings. The van der Waals surface area contributed by atoms with Gasteiger partial charge in [-0.2, -0.15) is 5.10 Å². The van der Waals surface area contributed by atoms with E-state index in [1.165, 1.54) is 10.4 Å². The molecular formula is C22H26N4O2. The Balaban J connectivity index is 1.67. The van der Waals surface area contributed by atoms with Gasteiger partial charge < -0.3 is 10.2 Å². The molecular weight excluding hydrogens is 352 g/mol. The Morgan fingerprint density at radius 2 is 1.71 bits per heavy atom. The van der Waals surface area contributed by atoms with Crippen molar-refractivity contribution in [2.24, 2.45) is 0 Å². The van der Waals surface area contributed by atoms with Crippen LogP contribution in [0.15, 0.2) is 59.4 Å². The van der Waals surface area contributed by atoms with Gasteiger partial charge in [0, 0.05) is 37.3 Å². The number of hydrogen-bond acceptors (Lipinski definition) is 4. The van der Waals surface area contributed by atoms with Crippen LogP contribution in [-0.2, 0) is 6.54 Å². The lowest BCUT2D eigenvalue weighted by molar-refractivity contribution is 0.0948. The Bertz CT molecular complexity index is 998. The van der Waals surface area contributed by atoms with Gasteiger partial charge in [-0.1, -0.05) is 36.4 Å². The molecule has 1 heterocycles. The van der Waals surface area contributed by atoms with Gasteiger partial charge in [-0.05, 0) is 38.5 Å². The van der Waals surface area contributed by atoms with Crippen molar-refractivity contribution in [2.45, 2.75) is 26.8 Å². The van der Waals surface area contributed by atoms with E-state index in [1.54, 1.807) is 18.2 Å². The fraction of sp³-hybridized carbons (Fsp3) is 0.318. The highest BCUT2D eigenvalue weighted by Crippen LogP contribution is 2.14. The smallest absolute Gasteiger partial charge is 0.274 e. The molecule has 3 aromatic rings. The number of fused-ring (bicyclic) bond motifs is 1. The van der Waals surface area contributed by atoms with E-state index in [1.807, 2.05) is 31.2 Å². The van der Waals surface area contributed by atoms with Gasteiger partial charge in [0.2, 0.25) is 0 Å². The number of benzene rings is 2. The second-order valence-electron chi connectivity index (χ2n) is 6.54.